The Kier molecular flexibility index (Phi) is 2.03. The van der Waals surface area contributed by atoms with Gasteiger partial charge in [0.2, 0.25) is 0 Å². The predicted molar refractivity (Wildman–Crippen MR) is 43.2 cm³/mol. The molecule has 6 heteroatoms. The SMILES string of the molecule is [O-]C1=CC(=Nc2nn[nH]n2)CCC1. The quantitative estimate of drug-likeness (QED) is 0.639. The van der Waals surface area contributed by atoms with E-state index >= 15 is 0 Å². The Balaban J connectivity index is 2.21. The number of allylic oxidation sites excluding steroid dienone is 2. The largest absolute Gasteiger partial charge is 0.875 e. The molecule has 0 spiro atoms. The molecular formula is C7H8N5O-. The highest BCUT2D eigenvalue weighted by molar-refractivity contribution is 5.97. The van der Waals surface area contributed by atoms with Gasteiger partial charge in [-0.25, -0.2) is 4.99 Å². The van der Waals surface area contributed by atoms with E-state index in [1.54, 1.807) is 6.08 Å². The lowest BCUT2D eigenvalue weighted by atomic mass is 10.0. The number of nitrogens with one attached hydrogen (secondary N) is 1. The number of rotatable bonds is 1. The maximum Gasteiger partial charge on any atom is 0.289 e. The Hall–Kier alpha value is -1.72. The number of nitrogens with zero attached hydrogens (tertiary/aromatic N) is 4. The van der Waals surface area contributed by atoms with Crippen molar-refractivity contribution in [2.75, 3.05) is 0 Å². The van der Waals surface area contributed by atoms with Gasteiger partial charge in [-0.2, -0.15) is 5.21 Å². The fourth-order valence-corrected chi connectivity index (χ4v) is 1.19. The average Bonchev–Trinajstić information content (AvgIpc) is 2.57. The van der Waals surface area contributed by atoms with Crippen molar-refractivity contribution >= 4 is 11.7 Å². The zero-order valence-electron chi connectivity index (χ0n) is 6.90. The third-order valence-corrected chi connectivity index (χ3v) is 1.76. The molecule has 1 aliphatic rings. The number of aromatic amines is 1. The lowest BCUT2D eigenvalue weighted by Crippen LogP contribution is -2.12. The fourth-order valence-electron chi connectivity index (χ4n) is 1.19. The second kappa shape index (κ2) is 3.34. The van der Waals surface area contributed by atoms with Crippen molar-refractivity contribution in [1.29, 1.82) is 0 Å². The summed E-state index contributed by atoms with van der Waals surface area (Å²) >= 11 is 0. The summed E-state index contributed by atoms with van der Waals surface area (Å²) in [5.74, 6) is 0.398. The summed E-state index contributed by atoms with van der Waals surface area (Å²) in [6.45, 7) is 0. The molecule has 0 bridgehead atoms. The van der Waals surface area contributed by atoms with Crippen molar-refractivity contribution in [2.24, 2.45) is 4.99 Å². The Labute approximate surface area is 74.4 Å². The van der Waals surface area contributed by atoms with Gasteiger partial charge in [0.15, 0.2) is 0 Å². The highest BCUT2D eigenvalue weighted by Gasteiger charge is 2.03. The molecule has 0 radical (unpaired) electrons. The van der Waals surface area contributed by atoms with E-state index in [9.17, 15) is 5.11 Å². The molecule has 0 saturated carbocycles. The standard InChI is InChI=1S/C7H9N5O/c13-6-3-1-2-5(4-6)8-7-9-11-12-10-7/h4,13H,1-3H2,(H,9,10,11,12)/p-1. The van der Waals surface area contributed by atoms with Crippen LogP contribution in [0.2, 0.25) is 0 Å². The van der Waals surface area contributed by atoms with Crippen LogP contribution in [0.4, 0.5) is 5.95 Å². The van der Waals surface area contributed by atoms with Gasteiger partial charge in [0, 0.05) is 5.71 Å². The van der Waals surface area contributed by atoms with Gasteiger partial charge in [0.05, 0.1) is 0 Å². The molecule has 0 saturated heterocycles. The fraction of sp³-hybridized carbons (Fsp3) is 0.429. The second-order valence-electron chi connectivity index (χ2n) is 2.78. The topological polar surface area (TPSA) is 89.9 Å². The lowest BCUT2D eigenvalue weighted by molar-refractivity contribution is -0.307. The molecule has 0 aliphatic heterocycles. The maximum absolute atomic E-state index is 11.0. The minimum absolute atomic E-state index is 0.119. The first kappa shape index (κ1) is 7.90. The molecule has 2 rings (SSSR count). The van der Waals surface area contributed by atoms with E-state index in [0.29, 0.717) is 6.42 Å². The van der Waals surface area contributed by atoms with Crippen molar-refractivity contribution in [1.82, 2.24) is 20.6 Å². The van der Waals surface area contributed by atoms with Crippen LogP contribution in [-0.4, -0.2) is 26.3 Å². The van der Waals surface area contributed by atoms with Gasteiger partial charge in [-0.15, -0.1) is 10.9 Å². The molecule has 1 aliphatic carbocycles. The molecule has 1 aromatic rings. The van der Waals surface area contributed by atoms with Crippen LogP contribution in [0.1, 0.15) is 19.3 Å². The van der Waals surface area contributed by atoms with Crippen molar-refractivity contribution in [3.63, 3.8) is 0 Å². The van der Waals surface area contributed by atoms with Gasteiger partial charge >= 0.3 is 0 Å². The van der Waals surface area contributed by atoms with Crippen LogP contribution in [0.5, 0.6) is 0 Å². The molecule has 0 aromatic carbocycles. The molecular weight excluding hydrogens is 170 g/mol. The van der Waals surface area contributed by atoms with Crippen LogP contribution in [0, 0.1) is 0 Å². The van der Waals surface area contributed by atoms with E-state index in [4.69, 9.17) is 0 Å². The minimum atomic E-state index is 0.119. The molecule has 68 valence electrons. The van der Waals surface area contributed by atoms with Crippen molar-refractivity contribution in [3.8, 4) is 0 Å². The normalized spacial score (nSPS) is 20.3. The predicted octanol–water partition coefficient (Wildman–Crippen LogP) is -0.300. The molecule has 1 N–H and O–H groups in total. The van der Waals surface area contributed by atoms with Crippen molar-refractivity contribution in [3.05, 3.63) is 11.8 Å². The monoisotopic (exact) mass is 178 g/mol. The highest BCUT2D eigenvalue weighted by Crippen LogP contribution is 2.13. The van der Waals surface area contributed by atoms with E-state index in [-0.39, 0.29) is 11.7 Å². The van der Waals surface area contributed by atoms with Gasteiger partial charge in [0.25, 0.3) is 5.95 Å². The number of tetrazole rings is 1. The average molecular weight is 178 g/mol. The first-order valence-corrected chi connectivity index (χ1v) is 4.03. The summed E-state index contributed by atoms with van der Waals surface area (Å²) in [5.41, 5.74) is 0.734. The highest BCUT2D eigenvalue weighted by atomic mass is 16.3. The number of hydrogen-bond donors (Lipinski definition) is 1. The van der Waals surface area contributed by atoms with E-state index in [0.717, 1.165) is 18.6 Å². The molecule has 0 fully saturated rings. The molecule has 0 atom stereocenters. The van der Waals surface area contributed by atoms with Crippen LogP contribution in [0.3, 0.4) is 0 Å². The van der Waals surface area contributed by atoms with Crippen molar-refractivity contribution in [2.45, 2.75) is 19.3 Å². The minimum Gasteiger partial charge on any atom is -0.875 e. The van der Waals surface area contributed by atoms with Gasteiger partial charge in [-0.3, -0.25) is 0 Å². The number of aliphatic imine (C=N–C) groups is 1. The Morgan fingerprint density at radius 1 is 1.46 bits per heavy atom. The molecule has 6 nitrogen and oxygen atoms in total. The van der Waals surface area contributed by atoms with E-state index in [1.807, 2.05) is 0 Å². The lowest BCUT2D eigenvalue weighted by Gasteiger charge is -2.17. The van der Waals surface area contributed by atoms with E-state index in [1.165, 1.54) is 0 Å². The summed E-state index contributed by atoms with van der Waals surface area (Å²) in [5, 5.41) is 24.0. The molecule has 0 amide bonds. The number of H-pyrrole nitrogens is 1. The zero-order chi connectivity index (χ0) is 9.10. The van der Waals surface area contributed by atoms with Gasteiger partial charge in [-0.1, -0.05) is 11.2 Å². The first-order chi connectivity index (χ1) is 6.34. The third-order valence-electron chi connectivity index (χ3n) is 1.76. The smallest absolute Gasteiger partial charge is 0.289 e. The summed E-state index contributed by atoms with van der Waals surface area (Å²) in [4.78, 5) is 4.05. The Bertz CT molecular complexity index is 340. The van der Waals surface area contributed by atoms with Crippen LogP contribution >= 0.6 is 0 Å². The molecule has 13 heavy (non-hydrogen) atoms. The van der Waals surface area contributed by atoms with E-state index in [2.05, 4.69) is 25.6 Å². The zero-order valence-corrected chi connectivity index (χ0v) is 6.90. The van der Waals surface area contributed by atoms with Crippen LogP contribution in [0.25, 0.3) is 0 Å². The number of hydrogen-bond acceptors (Lipinski definition) is 5. The first-order valence-electron chi connectivity index (χ1n) is 4.03. The Morgan fingerprint density at radius 3 is 3.08 bits per heavy atom. The van der Waals surface area contributed by atoms with E-state index < -0.39 is 0 Å². The molecule has 0 unspecified atom stereocenters. The molecule has 1 aromatic heterocycles. The molecule has 1 heterocycles. The summed E-state index contributed by atoms with van der Waals surface area (Å²) in [6.07, 6.45) is 3.82. The second-order valence-corrected chi connectivity index (χ2v) is 2.78. The maximum atomic E-state index is 11.0. The van der Waals surface area contributed by atoms with Crippen LogP contribution in [0.15, 0.2) is 16.8 Å². The van der Waals surface area contributed by atoms with Gasteiger partial charge in [0.1, 0.15) is 0 Å². The van der Waals surface area contributed by atoms with Crippen LogP contribution < -0.4 is 5.11 Å². The number of aromatic nitrogens is 4. The van der Waals surface area contributed by atoms with Crippen molar-refractivity contribution < 1.29 is 5.11 Å². The van der Waals surface area contributed by atoms with Gasteiger partial charge < -0.3 is 5.11 Å². The third kappa shape index (κ3) is 1.90. The summed E-state index contributed by atoms with van der Waals surface area (Å²) < 4.78 is 0. The van der Waals surface area contributed by atoms with Crippen LogP contribution in [-0.2, 0) is 0 Å². The Morgan fingerprint density at radius 2 is 2.38 bits per heavy atom. The van der Waals surface area contributed by atoms with Gasteiger partial charge in [-0.05, 0) is 24.5 Å². The summed E-state index contributed by atoms with van der Waals surface area (Å²) in [7, 11) is 0. The summed E-state index contributed by atoms with van der Waals surface area (Å²) in [6, 6.07) is 0.